The van der Waals surface area contributed by atoms with Gasteiger partial charge in [0.15, 0.2) is 11.6 Å². The largest absolute Gasteiger partial charge is 0.488 e. The van der Waals surface area contributed by atoms with Crippen molar-refractivity contribution in [2.45, 2.75) is 38.3 Å². The van der Waals surface area contributed by atoms with Gasteiger partial charge in [-0.05, 0) is 44.7 Å². The summed E-state index contributed by atoms with van der Waals surface area (Å²) in [6.45, 7) is 4.84. The molecule has 0 bridgehead atoms. The smallest absolute Gasteiger partial charge is 0.165 e. The molecule has 106 valence electrons. The summed E-state index contributed by atoms with van der Waals surface area (Å²) < 4.78 is 18.6. The molecule has 0 amide bonds. The molecule has 3 nitrogen and oxygen atoms in total. The summed E-state index contributed by atoms with van der Waals surface area (Å²) in [4.78, 5) is 0. The van der Waals surface area contributed by atoms with Crippen LogP contribution in [0.3, 0.4) is 0 Å². The van der Waals surface area contributed by atoms with Gasteiger partial charge in [0.2, 0.25) is 0 Å². The highest BCUT2D eigenvalue weighted by atomic mass is 19.1. The molecule has 0 heterocycles. The molecule has 1 unspecified atom stereocenters. The number of aliphatic hydroxyl groups excluding tert-OH is 1. The molecule has 1 aromatic carbocycles. The average molecular weight is 267 g/mol. The zero-order chi connectivity index (χ0) is 13.9. The Bertz CT molecular complexity index is 418. The van der Waals surface area contributed by atoms with Gasteiger partial charge >= 0.3 is 0 Å². The molecule has 0 radical (unpaired) electrons. The van der Waals surface area contributed by atoms with E-state index in [1.54, 1.807) is 18.2 Å². The van der Waals surface area contributed by atoms with E-state index < -0.39 is 11.9 Å². The van der Waals surface area contributed by atoms with Crippen molar-refractivity contribution in [3.05, 3.63) is 30.1 Å². The Labute approximate surface area is 113 Å². The highest BCUT2D eigenvalue weighted by molar-refractivity contribution is 5.23. The van der Waals surface area contributed by atoms with Gasteiger partial charge in [0.1, 0.15) is 12.7 Å². The molecule has 4 heteroatoms. The lowest BCUT2D eigenvalue weighted by atomic mass is 9.98. The minimum absolute atomic E-state index is 0.0545. The normalized spacial score (nSPS) is 17.3. The van der Waals surface area contributed by atoms with Gasteiger partial charge in [0, 0.05) is 12.1 Å². The van der Waals surface area contributed by atoms with Gasteiger partial charge in [-0.15, -0.1) is 0 Å². The molecule has 1 saturated carbocycles. The summed E-state index contributed by atoms with van der Waals surface area (Å²) in [5, 5.41) is 13.2. The van der Waals surface area contributed by atoms with E-state index in [2.05, 4.69) is 19.2 Å². The van der Waals surface area contributed by atoms with Crippen molar-refractivity contribution in [2.24, 2.45) is 5.92 Å². The van der Waals surface area contributed by atoms with Crippen LogP contribution in [0.1, 0.15) is 26.7 Å². The highest BCUT2D eigenvalue weighted by Gasteiger charge is 2.37. The predicted molar refractivity (Wildman–Crippen MR) is 72.7 cm³/mol. The van der Waals surface area contributed by atoms with Crippen LogP contribution in [0, 0.1) is 11.7 Å². The molecule has 1 aliphatic carbocycles. The van der Waals surface area contributed by atoms with Crippen molar-refractivity contribution in [1.29, 1.82) is 0 Å². The predicted octanol–water partition coefficient (Wildman–Crippen LogP) is 2.34. The minimum Gasteiger partial charge on any atom is -0.488 e. The summed E-state index contributed by atoms with van der Waals surface area (Å²) in [7, 11) is 0. The van der Waals surface area contributed by atoms with Gasteiger partial charge in [-0.2, -0.15) is 0 Å². The van der Waals surface area contributed by atoms with E-state index in [1.165, 1.54) is 18.9 Å². The second-order valence-electron chi connectivity index (χ2n) is 5.77. The van der Waals surface area contributed by atoms with Crippen molar-refractivity contribution in [3.8, 4) is 5.75 Å². The summed E-state index contributed by atoms with van der Waals surface area (Å²) >= 11 is 0. The molecule has 2 rings (SSSR count). The number of ether oxygens (including phenoxy) is 1. The third-order valence-electron chi connectivity index (χ3n) is 3.66. The maximum Gasteiger partial charge on any atom is 0.165 e. The van der Waals surface area contributed by atoms with E-state index >= 15 is 0 Å². The summed E-state index contributed by atoms with van der Waals surface area (Å²) in [5.74, 6) is 0.483. The number of hydrogen-bond acceptors (Lipinski definition) is 3. The molecule has 0 saturated heterocycles. The van der Waals surface area contributed by atoms with E-state index in [9.17, 15) is 9.50 Å². The van der Waals surface area contributed by atoms with E-state index in [4.69, 9.17) is 4.74 Å². The van der Waals surface area contributed by atoms with Crippen LogP contribution >= 0.6 is 0 Å². The SMILES string of the molecule is CC(C)(NCC(O)COc1ccccc1F)C1CC1. The van der Waals surface area contributed by atoms with Crippen LogP contribution < -0.4 is 10.1 Å². The van der Waals surface area contributed by atoms with E-state index in [-0.39, 0.29) is 17.9 Å². The first-order valence-electron chi connectivity index (χ1n) is 6.79. The molecular weight excluding hydrogens is 245 g/mol. The van der Waals surface area contributed by atoms with Crippen molar-refractivity contribution in [1.82, 2.24) is 5.32 Å². The van der Waals surface area contributed by atoms with Crippen molar-refractivity contribution < 1.29 is 14.2 Å². The molecule has 1 atom stereocenters. The van der Waals surface area contributed by atoms with Crippen LogP contribution in [0.25, 0.3) is 0 Å². The van der Waals surface area contributed by atoms with Gasteiger partial charge in [-0.3, -0.25) is 0 Å². The molecule has 0 spiro atoms. The average Bonchev–Trinajstić information content (AvgIpc) is 3.20. The molecule has 1 fully saturated rings. The lowest BCUT2D eigenvalue weighted by Gasteiger charge is -2.27. The first kappa shape index (κ1) is 14.3. The second-order valence-corrected chi connectivity index (χ2v) is 5.77. The molecule has 2 N–H and O–H groups in total. The number of β-amino-alcohol motifs (C(OH)–C–C–N with tert-alkyl or cyclic N) is 1. The zero-order valence-corrected chi connectivity index (χ0v) is 11.5. The van der Waals surface area contributed by atoms with Crippen LogP contribution in [-0.4, -0.2) is 29.9 Å². The second kappa shape index (κ2) is 5.88. The van der Waals surface area contributed by atoms with E-state index in [0.717, 1.165) is 0 Å². The Kier molecular flexibility index (Phi) is 4.42. The van der Waals surface area contributed by atoms with Gasteiger partial charge in [-0.25, -0.2) is 4.39 Å². The van der Waals surface area contributed by atoms with Crippen LogP contribution in [0.5, 0.6) is 5.75 Å². The number of rotatable bonds is 7. The summed E-state index contributed by atoms with van der Waals surface area (Å²) in [6.07, 6.45) is 1.86. The Morgan fingerprint density at radius 2 is 2.11 bits per heavy atom. The molecule has 19 heavy (non-hydrogen) atoms. The van der Waals surface area contributed by atoms with Gasteiger partial charge < -0.3 is 15.2 Å². The lowest BCUT2D eigenvalue weighted by molar-refractivity contribution is 0.0951. The molecule has 1 aromatic rings. The van der Waals surface area contributed by atoms with Crippen LogP contribution in [-0.2, 0) is 0 Å². The summed E-state index contributed by atoms with van der Waals surface area (Å²) in [6, 6.07) is 6.22. The Morgan fingerprint density at radius 3 is 2.74 bits per heavy atom. The molecular formula is C15H22FNO2. The van der Waals surface area contributed by atoms with E-state index in [0.29, 0.717) is 12.5 Å². The van der Waals surface area contributed by atoms with Gasteiger partial charge in [0.25, 0.3) is 0 Å². The van der Waals surface area contributed by atoms with E-state index in [1.807, 2.05) is 0 Å². The minimum atomic E-state index is -0.641. The molecule has 1 aliphatic rings. The highest BCUT2D eigenvalue weighted by Crippen LogP contribution is 2.39. The number of aliphatic hydroxyl groups is 1. The number of hydrogen-bond donors (Lipinski definition) is 2. The maximum atomic E-state index is 13.3. The third-order valence-corrected chi connectivity index (χ3v) is 3.66. The third kappa shape index (κ3) is 4.18. The fraction of sp³-hybridized carbons (Fsp3) is 0.600. The fourth-order valence-electron chi connectivity index (χ4n) is 2.14. The first-order valence-corrected chi connectivity index (χ1v) is 6.79. The van der Waals surface area contributed by atoms with Gasteiger partial charge in [0.05, 0.1) is 0 Å². The Balaban J connectivity index is 1.72. The van der Waals surface area contributed by atoms with Crippen LogP contribution in [0.15, 0.2) is 24.3 Å². The van der Waals surface area contributed by atoms with Crippen molar-refractivity contribution >= 4 is 0 Å². The van der Waals surface area contributed by atoms with Crippen molar-refractivity contribution in [3.63, 3.8) is 0 Å². The number of nitrogens with one attached hydrogen (secondary N) is 1. The molecule has 0 aromatic heterocycles. The Hall–Kier alpha value is -1.13. The molecule has 0 aliphatic heterocycles. The Morgan fingerprint density at radius 1 is 1.42 bits per heavy atom. The quantitative estimate of drug-likeness (QED) is 0.797. The maximum absolute atomic E-state index is 13.3. The van der Waals surface area contributed by atoms with Gasteiger partial charge in [-0.1, -0.05) is 12.1 Å². The standard InChI is InChI=1S/C15H22FNO2/c1-15(2,11-7-8-11)17-9-12(18)10-19-14-6-4-3-5-13(14)16/h3-6,11-12,17-18H,7-10H2,1-2H3. The van der Waals surface area contributed by atoms with Crippen molar-refractivity contribution in [2.75, 3.05) is 13.2 Å². The number of benzene rings is 1. The van der Waals surface area contributed by atoms with Crippen LogP contribution in [0.2, 0.25) is 0 Å². The number of halogens is 1. The first-order chi connectivity index (χ1) is 8.99. The fourth-order valence-corrected chi connectivity index (χ4v) is 2.14. The topological polar surface area (TPSA) is 41.5 Å². The zero-order valence-electron chi connectivity index (χ0n) is 11.5. The lowest BCUT2D eigenvalue weighted by Crippen LogP contribution is -2.46. The summed E-state index contributed by atoms with van der Waals surface area (Å²) in [5.41, 5.74) is 0.0545. The monoisotopic (exact) mass is 267 g/mol. The number of para-hydroxylation sites is 1. The van der Waals surface area contributed by atoms with Crippen LogP contribution in [0.4, 0.5) is 4.39 Å².